The number of carbonyl (C=O) groups is 2. The van der Waals surface area contributed by atoms with Gasteiger partial charge in [0.05, 0.1) is 10.9 Å². The normalized spacial score (nSPS) is 23.7. The summed E-state index contributed by atoms with van der Waals surface area (Å²) >= 11 is 1.61. The Balaban J connectivity index is 1.53. The molecule has 0 aromatic carbocycles. The van der Waals surface area contributed by atoms with E-state index in [1.165, 1.54) is 10.4 Å². The van der Waals surface area contributed by atoms with Crippen molar-refractivity contribution in [2.45, 2.75) is 52.0 Å². The number of hydrogen-bond acceptors (Lipinski definition) is 4. The molecule has 2 atom stereocenters. The van der Waals surface area contributed by atoms with Crippen LogP contribution in [0.1, 0.15) is 52.7 Å². The lowest BCUT2D eigenvalue weighted by Gasteiger charge is -2.32. The summed E-state index contributed by atoms with van der Waals surface area (Å²) in [5, 5.41) is 6.31. The fourth-order valence-electron chi connectivity index (χ4n) is 3.82. The fraction of sp³-hybridized carbons (Fsp3) is 0.684. The molecule has 25 heavy (non-hydrogen) atoms. The van der Waals surface area contributed by atoms with E-state index in [0.717, 1.165) is 56.6 Å². The molecule has 2 aliphatic rings. The van der Waals surface area contributed by atoms with Gasteiger partial charge in [-0.15, -0.1) is 11.3 Å². The minimum Gasteiger partial charge on any atom is -0.354 e. The summed E-state index contributed by atoms with van der Waals surface area (Å²) in [5.74, 6) is 0.624. The van der Waals surface area contributed by atoms with Crippen LogP contribution in [0.2, 0.25) is 0 Å². The summed E-state index contributed by atoms with van der Waals surface area (Å²) < 4.78 is 0. The van der Waals surface area contributed by atoms with Gasteiger partial charge in [-0.1, -0.05) is 6.92 Å². The quantitative estimate of drug-likeness (QED) is 0.844. The topological polar surface area (TPSA) is 61.4 Å². The summed E-state index contributed by atoms with van der Waals surface area (Å²) in [6, 6.07) is 2.03. The van der Waals surface area contributed by atoms with Crippen molar-refractivity contribution in [3.63, 3.8) is 0 Å². The Morgan fingerprint density at radius 1 is 1.36 bits per heavy atom. The first-order valence-electron chi connectivity index (χ1n) is 9.48. The molecule has 3 heterocycles. The number of hydrogen-bond donors (Lipinski definition) is 2. The highest BCUT2D eigenvalue weighted by Crippen LogP contribution is 2.25. The molecule has 5 nitrogen and oxygen atoms in total. The minimum atomic E-state index is -0.0251. The van der Waals surface area contributed by atoms with Crippen molar-refractivity contribution in [3.05, 3.63) is 21.4 Å². The number of carbonyl (C=O) groups excluding carboxylic acids is 2. The number of piperidine rings is 1. The molecular weight excluding hydrogens is 334 g/mol. The second-order valence-electron chi connectivity index (χ2n) is 7.20. The number of rotatable bonds is 5. The molecule has 2 amide bonds. The van der Waals surface area contributed by atoms with Gasteiger partial charge in [0.25, 0.3) is 5.91 Å². The zero-order valence-corrected chi connectivity index (χ0v) is 16.1. The number of nitrogens with one attached hydrogen (secondary N) is 2. The Kier molecular flexibility index (Phi) is 6.12. The number of aryl methyl sites for hydroxylation is 2. The average Bonchev–Trinajstić information content (AvgIpc) is 3.29. The third kappa shape index (κ3) is 4.42. The summed E-state index contributed by atoms with van der Waals surface area (Å²) in [4.78, 5) is 29.0. The Morgan fingerprint density at radius 3 is 2.88 bits per heavy atom. The third-order valence-electron chi connectivity index (χ3n) is 5.36. The molecule has 138 valence electrons. The zero-order chi connectivity index (χ0) is 17.8. The van der Waals surface area contributed by atoms with Crippen molar-refractivity contribution in [2.24, 2.45) is 5.92 Å². The van der Waals surface area contributed by atoms with Crippen molar-refractivity contribution < 1.29 is 9.59 Å². The average molecular weight is 364 g/mol. The molecule has 0 spiro atoms. The van der Waals surface area contributed by atoms with Crippen molar-refractivity contribution in [3.8, 4) is 0 Å². The molecule has 0 bridgehead atoms. The Hall–Kier alpha value is -1.40. The van der Waals surface area contributed by atoms with Crippen molar-refractivity contribution in [2.75, 3.05) is 26.2 Å². The van der Waals surface area contributed by atoms with Gasteiger partial charge < -0.3 is 15.5 Å². The highest BCUT2D eigenvalue weighted by Gasteiger charge is 2.27. The number of thiophene rings is 1. The maximum Gasteiger partial charge on any atom is 0.263 e. The molecule has 2 N–H and O–H groups in total. The lowest BCUT2D eigenvalue weighted by atomic mass is 9.97. The van der Waals surface area contributed by atoms with Gasteiger partial charge in [0.15, 0.2) is 0 Å². The van der Waals surface area contributed by atoms with Gasteiger partial charge in [0, 0.05) is 24.5 Å². The van der Waals surface area contributed by atoms with Gasteiger partial charge >= 0.3 is 0 Å². The van der Waals surface area contributed by atoms with Gasteiger partial charge in [-0.05, 0) is 63.1 Å². The largest absolute Gasteiger partial charge is 0.354 e. The SMILES string of the molecule is CCc1cc(C(=O)N2CCCC(CNC(=O)C3CCCN3)C2)sc1C. The molecule has 2 aliphatic heterocycles. The molecule has 0 saturated carbocycles. The van der Waals surface area contributed by atoms with Crippen LogP contribution in [0.4, 0.5) is 0 Å². The molecule has 2 saturated heterocycles. The van der Waals surface area contributed by atoms with Crippen LogP contribution in [0, 0.1) is 12.8 Å². The first kappa shape index (κ1) is 18.4. The molecule has 0 aliphatic carbocycles. The molecule has 6 heteroatoms. The molecule has 1 aromatic heterocycles. The Bertz CT molecular complexity index is 622. The van der Waals surface area contributed by atoms with E-state index in [9.17, 15) is 9.59 Å². The predicted octanol–water partition coefficient (Wildman–Crippen LogP) is 2.34. The highest BCUT2D eigenvalue weighted by atomic mass is 32.1. The molecular formula is C19H29N3O2S. The number of likely N-dealkylation sites (tertiary alicyclic amines) is 1. The maximum absolute atomic E-state index is 12.8. The van der Waals surface area contributed by atoms with E-state index in [0.29, 0.717) is 12.5 Å². The van der Waals surface area contributed by atoms with Crippen LogP contribution in [0.15, 0.2) is 6.07 Å². The van der Waals surface area contributed by atoms with Gasteiger partial charge in [0.2, 0.25) is 5.91 Å². The van der Waals surface area contributed by atoms with Crippen LogP contribution in [-0.4, -0.2) is 48.9 Å². The number of nitrogens with zero attached hydrogens (tertiary/aromatic N) is 1. The van der Waals surface area contributed by atoms with Gasteiger partial charge in [-0.3, -0.25) is 9.59 Å². The van der Waals surface area contributed by atoms with Gasteiger partial charge in [-0.25, -0.2) is 0 Å². The van der Waals surface area contributed by atoms with Crippen LogP contribution in [-0.2, 0) is 11.2 Å². The highest BCUT2D eigenvalue weighted by molar-refractivity contribution is 7.14. The summed E-state index contributed by atoms with van der Waals surface area (Å²) in [5.41, 5.74) is 1.28. The third-order valence-corrected chi connectivity index (χ3v) is 6.44. The smallest absolute Gasteiger partial charge is 0.263 e. The van der Waals surface area contributed by atoms with Crippen LogP contribution in [0.25, 0.3) is 0 Å². The van der Waals surface area contributed by atoms with E-state index in [4.69, 9.17) is 0 Å². The summed E-state index contributed by atoms with van der Waals surface area (Å²) in [6.45, 7) is 7.39. The van der Waals surface area contributed by atoms with E-state index in [1.807, 2.05) is 4.90 Å². The second kappa shape index (κ2) is 8.32. The van der Waals surface area contributed by atoms with E-state index in [-0.39, 0.29) is 17.9 Å². The molecule has 1 aromatic rings. The van der Waals surface area contributed by atoms with Gasteiger partial charge in [0.1, 0.15) is 0 Å². The molecule has 0 radical (unpaired) electrons. The fourth-order valence-corrected chi connectivity index (χ4v) is 4.91. The molecule has 2 unspecified atom stereocenters. The summed E-state index contributed by atoms with van der Waals surface area (Å²) in [6.07, 6.45) is 5.06. The first-order valence-corrected chi connectivity index (χ1v) is 10.3. The van der Waals surface area contributed by atoms with E-state index in [2.05, 4.69) is 30.5 Å². The van der Waals surface area contributed by atoms with Crippen LogP contribution in [0.3, 0.4) is 0 Å². The number of amides is 2. The van der Waals surface area contributed by atoms with Crippen molar-refractivity contribution >= 4 is 23.2 Å². The van der Waals surface area contributed by atoms with E-state index in [1.54, 1.807) is 11.3 Å². The summed E-state index contributed by atoms with van der Waals surface area (Å²) in [7, 11) is 0. The lowest BCUT2D eigenvalue weighted by molar-refractivity contribution is -0.123. The second-order valence-corrected chi connectivity index (χ2v) is 8.46. The monoisotopic (exact) mass is 363 g/mol. The van der Waals surface area contributed by atoms with Crippen LogP contribution >= 0.6 is 11.3 Å². The molecule has 2 fully saturated rings. The zero-order valence-electron chi connectivity index (χ0n) is 15.3. The van der Waals surface area contributed by atoms with Crippen LogP contribution < -0.4 is 10.6 Å². The minimum absolute atomic E-state index is 0.0251. The van der Waals surface area contributed by atoms with Crippen LogP contribution in [0.5, 0.6) is 0 Å². The maximum atomic E-state index is 12.8. The lowest BCUT2D eigenvalue weighted by Crippen LogP contribution is -2.46. The molecule has 3 rings (SSSR count). The van der Waals surface area contributed by atoms with Crippen molar-refractivity contribution in [1.29, 1.82) is 0 Å². The predicted molar refractivity (Wildman–Crippen MR) is 101 cm³/mol. The first-order chi connectivity index (χ1) is 12.1. The Labute approximate surface area is 154 Å². The standard InChI is InChI=1S/C19H29N3O2S/c1-3-15-10-17(25-13(15)2)19(24)22-9-5-6-14(12-22)11-21-18(23)16-7-4-8-20-16/h10,14,16,20H,3-9,11-12H2,1-2H3,(H,21,23). The van der Waals surface area contributed by atoms with Crippen molar-refractivity contribution in [1.82, 2.24) is 15.5 Å². The Morgan fingerprint density at radius 2 is 2.20 bits per heavy atom. The van der Waals surface area contributed by atoms with Gasteiger partial charge in [-0.2, -0.15) is 0 Å². The van der Waals surface area contributed by atoms with E-state index >= 15 is 0 Å². The van der Waals surface area contributed by atoms with E-state index < -0.39 is 0 Å².